The van der Waals surface area contributed by atoms with Crippen molar-refractivity contribution < 1.29 is 14.3 Å². The lowest BCUT2D eigenvalue weighted by Crippen LogP contribution is -2.48. The molecule has 2 heterocycles. The Labute approximate surface area is 149 Å². The highest BCUT2D eigenvalue weighted by Gasteiger charge is 2.52. The number of carbonyl (C=O) groups excluding carboxylic acids is 1. The van der Waals surface area contributed by atoms with E-state index in [0.717, 1.165) is 17.3 Å². The Kier molecular flexibility index (Phi) is 3.49. The number of hydrogen-bond donors (Lipinski definition) is 1. The summed E-state index contributed by atoms with van der Waals surface area (Å²) in [6.45, 7) is 3.95. The van der Waals surface area contributed by atoms with Crippen LogP contribution in [0, 0.1) is 19.7 Å². The van der Waals surface area contributed by atoms with Gasteiger partial charge in [0.15, 0.2) is 5.60 Å². The topological polar surface area (TPSA) is 52.9 Å². The smallest absolute Gasteiger partial charge is 0.204 e. The summed E-state index contributed by atoms with van der Waals surface area (Å²) in [4.78, 5) is 19.1. The highest BCUT2D eigenvalue weighted by molar-refractivity contribution is 6.32. The maximum atomic E-state index is 13.9. The molecule has 0 amide bonds. The van der Waals surface area contributed by atoms with Crippen LogP contribution >= 0.6 is 11.6 Å². The molecule has 1 N–H and O–H groups in total. The van der Waals surface area contributed by atoms with E-state index in [1.165, 1.54) is 6.07 Å². The predicted molar refractivity (Wildman–Crippen MR) is 95.7 cm³/mol. The Balaban J connectivity index is 1.87. The SMILES string of the molecule is Cc1cc2c(cc1F)C(=O)[C@]1(O)CCN(c3ccc(C)c(Cl)c3)C1=N2. The molecule has 2 aromatic carbocycles. The molecular formula is C19H16ClFN2O2. The lowest BCUT2D eigenvalue weighted by molar-refractivity contribution is 0.0601. The van der Waals surface area contributed by atoms with Crippen LogP contribution in [0.3, 0.4) is 0 Å². The molecule has 1 atom stereocenters. The largest absolute Gasteiger partial charge is 0.374 e. The first-order valence-corrected chi connectivity index (χ1v) is 8.39. The minimum atomic E-state index is -1.73. The first-order chi connectivity index (χ1) is 11.8. The fraction of sp³-hybridized carbons (Fsp3) is 0.263. The molecule has 0 unspecified atom stereocenters. The monoisotopic (exact) mass is 358 g/mol. The molecular weight excluding hydrogens is 343 g/mol. The Bertz CT molecular complexity index is 957. The summed E-state index contributed by atoms with van der Waals surface area (Å²) in [7, 11) is 0. The molecule has 2 aliphatic heterocycles. The second-order valence-electron chi connectivity index (χ2n) is 6.58. The third-order valence-electron chi connectivity index (χ3n) is 4.91. The van der Waals surface area contributed by atoms with Gasteiger partial charge in [-0.1, -0.05) is 17.7 Å². The molecule has 0 saturated carbocycles. The first kappa shape index (κ1) is 16.2. The number of aliphatic imine (C=N–C) groups is 1. The van der Waals surface area contributed by atoms with Gasteiger partial charge < -0.3 is 10.0 Å². The summed E-state index contributed by atoms with van der Waals surface area (Å²) >= 11 is 6.21. The van der Waals surface area contributed by atoms with Crippen LogP contribution < -0.4 is 4.90 Å². The van der Waals surface area contributed by atoms with Gasteiger partial charge in [0.2, 0.25) is 5.78 Å². The molecule has 25 heavy (non-hydrogen) atoms. The van der Waals surface area contributed by atoms with Crippen molar-refractivity contribution in [1.82, 2.24) is 0 Å². The molecule has 0 aromatic heterocycles. The second kappa shape index (κ2) is 5.38. The predicted octanol–water partition coefficient (Wildman–Crippen LogP) is 3.96. The minimum absolute atomic E-state index is 0.123. The van der Waals surface area contributed by atoms with Gasteiger partial charge in [-0.15, -0.1) is 0 Å². The number of benzene rings is 2. The van der Waals surface area contributed by atoms with E-state index in [9.17, 15) is 14.3 Å². The summed E-state index contributed by atoms with van der Waals surface area (Å²) in [5.41, 5.74) is 0.890. The number of aryl methyl sites for hydroxylation is 2. The summed E-state index contributed by atoms with van der Waals surface area (Å²) in [6, 6.07) is 8.25. The summed E-state index contributed by atoms with van der Waals surface area (Å²) in [6.07, 6.45) is 0.200. The van der Waals surface area contributed by atoms with E-state index in [1.54, 1.807) is 17.9 Å². The quantitative estimate of drug-likeness (QED) is 0.839. The highest BCUT2D eigenvalue weighted by atomic mass is 35.5. The molecule has 4 nitrogen and oxygen atoms in total. The van der Waals surface area contributed by atoms with Crippen LogP contribution in [0.5, 0.6) is 0 Å². The molecule has 128 valence electrons. The third kappa shape index (κ3) is 2.30. The van der Waals surface area contributed by atoms with Crippen LogP contribution in [-0.4, -0.2) is 28.9 Å². The second-order valence-corrected chi connectivity index (χ2v) is 6.99. The molecule has 6 heteroatoms. The Morgan fingerprint density at radius 1 is 1.24 bits per heavy atom. The molecule has 4 rings (SSSR count). The van der Waals surface area contributed by atoms with E-state index in [0.29, 0.717) is 22.8 Å². The normalized spacial score (nSPS) is 21.9. The molecule has 1 fully saturated rings. The van der Waals surface area contributed by atoms with Gasteiger partial charge in [-0.2, -0.15) is 0 Å². The van der Waals surface area contributed by atoms with Gasteiger partial charge in [0.1, 0.15) is 11.7 Å². The fourth-order valence-electron chi connectivity index (χ4n) is 3.36. The van der Waals surface area contributed by atoms with Crippen LogP contribution in [0.15, 0.2) is 35.3 Å². The molecule has 2 aliphatic rings. The number of Topliss-reactive ketones (excluding diaryl/α,β-unsaturated/α-hetero) is 1. The van der Waals surface area contributed by atoms with Gasteiger partial charge in [-0.25, -0.2) is 9.38 Å². The molecule has 1 saturated heterocycles. The number of nitrogens with zero attached hydrogens (tertiary/aromatic N) is 2. The van der Waals surface area contributed by atoms with Crippen molar-refractivity contribution in [1.29, 1.82) is 0 Å². The maximum Gasteiger partial charge on any atom is 0.204 e. The van der Waals surface area contributed by atoms with Gasteiger partial charge in [0.25, 0.3) is 0 Å². The minimum Gasteiger partial charge on any atom is -0.374 e. The standard InChI is InChI=1S/C19H16ClFN2O2/c1-10-3-4-12(8-14(10)20)23-6-5-19(25)17(24)13-9-15(21)11(2)7-16(13)22-18(19)23/h3-4,7-9,25H,5-6H2,1-2H3/t19-/m1/s1. The van der Waals surface area contributed by atoms with Crippen LogP contribution in [0.2, 0.25) is 5.02 Å². The Morgan fingerprint density at radius 3 is 2.72 bits per heavy atom. The number of ketones is 1. The van der Waals surface area contributed by atoms with E-state index >= 15 is 0 Å². The Morgan fingerprint density at radius 2 is 2.00 bits per heavy atom. The van der Waals surface area contributed by atoms with E-state index in [1.807, 2.05) is 19.1 Å². The van der Waals surface area contributed by atoms with Gasteiger partial charge >= 0.3 is 0 Å². The van der Waals surface area contributed by atoms with Gasteiger partial charge in [0.05, 0.1) is 5.69 Å². The fourth-order valence-corrected chi connectivity index (χ4v) is 3.54. The number of fused-ring (bicyclic) bond motifs is 2. The molecule has 0 spiro atoms. The summed E-state index contributed by atoms with van der Waals surface area (Å²) in [5.74, 6) is -0.711. The van der Waals surface area contributed by atoms with Crippen molar-refractivity contribution in [2.24, 2.45) is 4.99 Å². The van der Waals surface area contributed by atoms with Crippen molar-refractivity contribution in [3.8, 4) is 0 Å². The first-order valence-electron chi connectivity index (χ1n) is 8.01. The van der Waals surface area contributed by atoms with Crippen LogP contribution in [0.4, 0.5) is 15.8 Å². The molecule has 0 radical (unpaired) electrons. The lowest BCUT2D eigenvalue weighted by Gasteiger charge is -2.30. The molecule has 0 aliphatic carbocycles. The maximum absolute atomic E-state index is 13.9. The summed E-state index contributed by atoms with van der Waals surface area (Å²) < 4.78 is 13.9. The number of anilines is 1. The zero-order chi connectivity index (χ0) is 17.9. The van der Waals surface area contributed by atoms with Gasteiger partial charge in [0, 0.05) is 29.2 Å². The van der Waals surface area contributed by atoms with E-state index in [4.69, 9.17) is 11.6 Å². The number of halogens is 2. The van der Waals surface area contributed by atoms with Crippen molar-refractivity contribution in [3.63, 3.8) is 0 Å². The zero-order valence-corrected chi connectivity index (χ0v) is 14.6. The van der Waals surface area contributed by atoms with E-state index < -0.39 is 17.2 Å². The van der Waals surface area contributed by atoms with Crippen molar-refractivity contribution in [2.75, 3.05) is 11.4 Å². The summed E-state index contributed by atoms with van der Waals surface area (Å²) in [5, 5.41) is 11.6. The molecule has 0 bridgehead atoms. The van der Waals surface area contributed by atoms with Crippen LogP contribution in [0.1, 0.15) is 27.9 Å². The highest BCUT2D eigenvalue weighted by Crippen LogP contribution is 2.40. The average molecular weight is 359 g/mol. The van der Waals surface area contributed by atoms with E-state index in [2.05, 4.69) is 4.99 Å². The van der Waals surface area contributed by atoms with Gasteiger partial charge in [-0.3, -0.25) is 4.79 Å². The van der Waals surface area contributed by atoms with Gasteiger partial charge in [-0.05, 0) is 49.2 Å². The number of aliphatic hydroxyl groups is 1. The Hall–Kier alpha value is -2.24. The van der Waals surface area contributed by atoms with Crippen LogP contribution in [-0.2, 0) is 0 Å². The van der Waals surface area contributed by atoms with Crippen molar-refractivity contribution in [3.05, 3.63) is 57.9 Å². The lowest BCUT2D eigenvalue weighted by atomic mass is 9.87. The van der Waals surface area contributed by atoms with Crippen molar-refractivity contribution >= 4 is 34.6 Å². The number of rotatable bonds is 1. The van der Waals surface area contributed by atoms with Crippen LogP contribution in [0.25, 0.3) is 0 Å². The number of carbonyl (C=O) groups is 1. The van der Waals surface area contributed by atoms with E-state index in [-0.39, 0.29) is 17.8 Å². The zero-order valence-electron chi connectivity index (χ0n) is 13.8. The number of amidine groups is 1. The third-order valence-corrected chi connectivity index (χ3v) is 5.32. The van der Waals surface area contributed by atoms with Crippen molar-refractivity contribution in [2.45, 2.75) is 25.9 Å². The number of hydrogen-bond acceptors (Lipinski definition) is 4. The average Bonchev–Trinajstić information content (AvgIpc) is 2.91. The molecule has 2 aromatic rings.